The van der Waals surface area contributed by atoms with Crippen molar-refractivity contribution in [2.45, 2.75) is 225 Å². The zero-order valence-corrected chi connectivity index (χ0v) is 74.7. The highest BCUT2D eigenvalue weighted by Crippen LogP contribution is 2.38. The van der Waals surface area contributed by atoms with Crippen molar-refractivity contribution in [3.8, 4) is 23.3 Å². The first-order valence-electron chi connectivity index (χ1n) is 45.6. The summed E-state index contributed by atoms with van der Waals surface area (Å²) in [6.07, 6.45) is 28.3. The van der Waals surface area contributed by atoms with Crippen molar-refractivity contribution < 1.29 is 28.6 Å². The Hall–Kier alpha value is -11.8. The molecule has 0 radical (unpaired) electrons. The van der Waals surface area contributed by atoms with Crippen LogP contribution in [0.1, 0.15) is 213 Å². The maximum absolute atomic E-state index is 11.7. The molecule has 0 bridgehead atoms. The smallest absolute Gasteiger partial charge is 0.322 e. The largest absolute Gasteiger partial charge is 0.462 e. The molecule has 5 aliphatic heterocycles. The molecule has 31 nitrogen and oxygen atoms in total. The van der Waals surface area contributed by atoms with E-state index in [1.54, 1.807) is 9.03 Å². The van der Waals surface area contributed by atoms with E-state index in [1.165, 1.54) is 34.5 Å². The van der Waals surface area contributed by atoms with Crippen LogP contribution in [-0.4, -0.2) is 218 Å². The monoisotopic (exact) mass is 1710 g/mol. The van der Waals surface area contributed by atoms with Gasteiger partial charge in [-0.05, 0) is 229 Å². The Kier molecular flexibility index (Phi) is 27.7. The fourth-order valence-electron chi connectivity index (χ4n) is 18.2. The fraction of sp³-hybridized carbons (Fsp3) is 0.505. The highest BCUT2D eigenvalue weighted by Gasteiger charge is 2.41. The molecular formula is C95H125N25O6. The number of nitrogens with zero attached hydrogens (tertiary/aromatic N) is 16. The number of rotatable bonds is 25. The molecule has 666 valence electrons. The molecule has 3 amide bonds. The van der Waals surface area contributed by atoms with Gasteiger partial charge in [0.25, 0.3) is 6.02 Å². The Morgan fingerprint density at radius 2 is 1.18 bits per heavy atom. The third-order valence-corrected chi connectivity index (χ3v) is 26.0. The minimum atomic E-state index is -0.149. The summed E-state index contributed by atoms with van der Waals surface area (Å²) in [5.74, 6) is 5.09. The van der Waals surface area contributed by atoms with Crippen molar-refractivity contribution in [2.24, 2.45) is 32.8 Å². The topological polar surface area (TPSA) is 348 Å². The second-order valence-electron chi connectivity index (χ2n) is 36.3. The number of aromatic amines is 3. The quantitative estimate of drug-likeness (QED) is 0.0240. The van der Waals surface area contributed by atoms with Gasteiger partial charge in [0, 0.05) is 128 Å². The second kappa shape index (κ2) is 39.8. The molecule has 3 aromatic carbocycles. The van der Waals surface area contributed by atoms with Crippen molar-refractivity contribution >= 4 is 92.8 Å². The molecule has 126 heavy (non-hydrogen) atoms. The highest BCUT2D eigenvalue weighted by atomic mass is 16.5. The number of piperidine rings is 3. The molecule has 9 N–H and O–H groups in total. The van der Waals surface area contributed by atoms with Crippen LogP contribution in [0.15, 0.2) is 132 Å². The van der Waals surface area contributed by atoms with E-state index >= 15 is 0 Å². The third kappa shape index (κ3) is 21.3. The molecular weight excluding hydrogens is 1590 g/mol. The zero-order valence-electron chi connectivity index (χ0n) is 74.7. The first-order valence-corrected chi connectivity index (χ1v) is 45.6. The van der Waals surface area contributed by atoms with E-state index < -0.39 is 0 Å². The van der Waals surface area contributed by atoms with E-state index in [0.29, 0.717) is 79.7 Å². The number of aromatic nitrogens is 12. The number of likely N-dealkylation sites (tertiary alicyclic amines) is 3. The predicted molar refractivity (Wildman–Crippen MR) is 496 cm³/mol. The summed E-state index contributed by atoms with van der Waals surface area (Å²) in [5.41, 5.74) is 15.7. The van der Waals surface area contributed by atoms with Crippen LogP contribution in [0.5, 0.6) is 12.0 Å². The molecule has 12 heterocycles. The Morgan fingerprint density at radius 1 is 0.611 bits per heavy atom. The lowest BCUT2D eigenvalue weighted by Crippen LogP contribution is -2.53. The summed E-state index contributed by atoms with van der Waals surface area (Å²) in [6, 6.07) is 27.1. The Labute approximate surface area is 737 Å². The molecule has 3 aliphatic carbocycles. The molecule has 2 saturated carbocycles. The average molecular weight is 1710 g/mol. The van der Waals surface area contributed by atoms with Gasteiger partial charge >= 0.3 is 12.0 Å². The number of fused-ring (bicyclic) bond motifs is 6. The van der Waals surface area contributed by atoms with Crippen LogP contribution in [0.3, 0.4) is 0 Å². The van der Waals surface area contributed by atoms with Crippen LogP contribution in [0, 0.1) is 17.8 Å². The van der Waals surface area contributed by atoms with Gasteiger partial charge in [-0.15, -0.1) is 0 Å². The van der Waals surface area contributed by atoms with Crippen LogP contribution < -0.4 is 41.4 Å². The summed E-state index contributed by atoms with van der Waals surface area (Å²) < 4.78 is 22.5. The van der Waals surface area contributed by atoms with E-state index in [9.17, 15) is 14.4 Å². The van der Waals surface area contributed by atoms with Gasteiger partial charge in [0.1, 0.15) is 24.1 Å². The normalized spacial score (nSPS) is 21.8. The van der Waals surface area contributed by atoms with E-state index in [2.05, 4.69) is 213 Å². The van der Waals surface area contributed by atoms with Gasteiger partial charge in [0.05, 0.1) is 30.0 Å². The molecule has 5 fully saturated rings. The second-order valence-corrected chi connectivity index (χ2v) is 36.3. The van der Waals surface area contributed by atoms with E-state index in [-0.39, 0.29) is 78.0 Å². The summed E-state index contributed by atoms with van der Waals surface area (Å²) in [7, 11) is 6.44. The number of carbonyl (C=O) groups is 3. The lowest BCUT2D eigenvalue weighted by Gasteiger charge is -2.34. The van der Waals surface area contributed by atoms with Crippen molar-refractivity contribution in [3.05, 3.63) is 162 Å². The van der Waals surface area contributed by atoms with Gasteiger partial charge in [0.2, 0.25) is 35.6 Å². The molecule has 7 aromatic heterocycles. The lowest BCUT2D eigenvalue weighted by atomic mass is 9.84. The zero-order chi connectivity index (χ0) is 87.6. The molecule has 8 aliphatic rings. The van der Waals surface area contributed by atoms with Crippen molar-refractivity contribution in [1.29, 1.82) is 0 Å². The van der Waals surface area contributed by atoms with Crippen LogP contribution in [0.4, 0.5) is 17.6 Å². The number of hydrogen-bond donors (Lipinski definition) is 9. The van der Waals surface area contributed by atoms with Gasteiger partial charge in [0.15, 0.2) is 17.5 Å². The fourth-order valence-corrected chi connectivity index (χ4v) is 18.2. The van der Waals surface area contributed by atoms with Gasteiger partial charge in [-0.3, -0.25) is 19.7 Å². The number of nitrogens with one attached hydrogen (secondary N) is 9. The first kappa shape index (κ1) is 87.6. The molecule has 3 atom stereocenters. The number of guanidine groups is 1. The van der Waals surface area contributed by atoms with Gasteiger partial charge in [-0.2, -0.15) is 44.3 Å². The number of hydrogen-bond acceptors (Lipinski definition) is 21. The van der Waals surface area contributed by atoms with E-state index in [4.69, 9.17) is 49.1 Å². The molecule has 3 saturated heterocycles. The van der Waals surface area contributed by atoms with E-state index in [0.717, 1.165) is 208 Å². The third-order valence-electron chi connectivity index (χ3n) is 26.0. The van der Waals surface area contributed by atoms with Crippen LogP contribution in [0.25, 0.3) is 50.6 Å². The summed E-state index contributed by atoms with van der Waals surface area (Å²) in [5, 5.41) is 36.4. The van der Waals surface area contributed by atoms with Gasteiger partial charge < -0.3 is 70.4 Å². The summed E-state index contributed by atoms with van der Waals surface area (Å²) in [4.78, 5) is 86.7. The molecule has 31 heteroatoms. The number of imidazole rings is 1. The van der Waals surface area contributed by atoms with Crippen molar-refractivity contribution in [2.75, 3.05) is 82.9 Å². The number of anilines is 3. The minimum Gasteiger partial charge on any atom is -0.462 e. The van der Waals surface area contributed by atoms with Crippen LogP contribution >= 0.6 is 0 Å². The molecule has 18 rings (SSSR count). The predicted octanol–water partition coefficient (Wildman–Crippen LogP) is 14.2. The van der Waals surface area contributed by atoms with Crippen molar-refractivity contribution in [1.82, 2.24) is 94.8 Å². The number of aliphatic imine (C=N–C) groups is 2. The number of carbonyl (C=O) groups excluding carboxylic acids is 3. The molecule has 3 unspecified atom stereocenters. The number of H-pyrrole nitrogens is 3. The maximum Gasteiger partial charge on any atom is 0.322 e. The number of hydrazone groups is 1. The van der Waals surface area contributed by atoms with Gasteiger partial charge in [-0.25, -0.2) is 20.0 Å². The van der Waals surface area contributed by atoms with Crippen LogP contribution in [0.2, 0.25) is 0 Å². The summed E-state index contributed by atoms with van der Waals surface area (Å²) in [6.45, 7) is 29.9. The standard InChI is InChI=1S/C32H42N8O2.C32H40N8O2.C31H43N9O2/c2*1-5-29(41)35-24-10-8-22(9-11-24)28-17-23-7-6-21(16-27(23)36-28)18-33-31-38-32(42-25-12-14-39(4)15-13-25)37-30-26(20(2)3)19-34-40(30)31;1-5-27(41)34-22-9-7-21(8-10-22)28-35-25-11-6-20(16-26(25)36-28)17-32-30-38-31(42-23-12-14-39(4)15-13-23)37-29-24(19(2)3)18-33-40(29)30/h5-7,16-17,19-20,22,24-25,36H,1,8-15,18H2,2-4H3,(H,35,41)(H,33,37,38);6-11,17,19-21,25,36H,5,12-16,18H2,1-4H3,(H,35,41)(H,33,37,38);5-6,11,16,18-19,21-24,29H,1,7-10,12-15,17H2,2-4H3,(H,34,41)(H,35,36)(H,32,37,38). The maximum atomic E-state index is 11.7. The molecule has 0 spiro atoms. The number of benzene rings is 3. The minimum absolute atomic E-state index is 0.0134. The Morgan fingerprint density at radius 3 is 1.76 bits per heavy atom. The SMILES string of the molecule is C=CC(=O)NC1CCC(c2cc3ccc(CNc4nc(OC5CCN(C)CC5)nc5c(C(C)C)cnn45)cc3[nH]2)CC1.C=CC(=O)NC1CCC(c2nc3ccc(CN=C4NC(OC5CCN(C)CC5)=NC5C(C(C)C)C=NN45)cc3[nH]2)CC1.CCC(=O)Nc1ccc(-c2cc3c([nH]2)CC(CNc2nc(OC4CCN(C)CC4)nc4c(C(C)C)cnn24)C=C3)cc1. The summed E-state index contributed by atoms with van der Waals surface area (Å²) >= 11 is 0. The number of amidine groups is 1. The Bertz CT molecular complexity index is 5590. The number of amides is 3. The average Bonchev–Trinajstić information content (AvgIpc) is 1.05. The Balaban J connectivity index is 0.000000139. The van der Waals surface area contributed by atoms with E-state index in [1.807, 2.05) is 54.8 Å². The first-order chi connectivity index (χ1) is 61.1. The molecule has 10 aromatic rings. The van der Waals surface area contributed by atoms with Crippen LogP contribution in [-0.2, 0) is 38.6 Å². The number of ether oxygens (including phenoxy) is 3. The van der Waals surface area contributed by atoms with Crippen molar-refractivity contribution in [3.63, 3.8) is 0 Å². The highest BCUT2D eigenvalue weighted by molar-refractivity contribution is 5.99. The lowest BCUT2D eigenvalue weighted by molar-refractivity contribution is -0.118. The van der Waals surface area contributed by atoms with Gasteiger partial charge in [-0.1, -0.05) is 104 Å².